The van der Waals surface area contributed by atoms with Crippen LogP contribution >= 0.6 is 0 Å². The normalized spacial score (nSPS) is 16.2. The Bertz CT molecular complexity index is 221. The van der Waals surface area contributed by atoms with Gasteiger partial charge in [0.15, 0.2) is 0 Å². The summed E-state index contributed by atoms with van der Waals surface area (Å²) in [6, 6.07) is 0. The van der Waals surface area contributed by atoms with Gasteiger partial charge >= 0.3 is 8.97 Å². The highest BCUT2D eigenvalue weighted by Gasteiger charge is 2.49. The first-order chi connectivity index (χ1) is 7.68. The maximum atomic E-state index is 5.79. The highest BCUT2D eigenvalue weighted by atomic mass is 28.4. The van der Waals surface area contributed by atoms with E-state index in [0.29, 0.717) is 19.8 Å². The lowest BCUT2D eigenvalue weighted by Crippen LogP contribution is -2.59. The van der Waals surface area contributed by atoms with Crippen LogP contribution in [0.5, 0.6) is 0 Å². The van der Waals surface area contributed by atoms with Crippen molar-refractivity contribution in [3.05, 3.63) is 12.4 Å². The molecular formula is C10H22N2O3Si. The molecule has 0 saturated carbocycles. The maximum Gasteiger partial charge on any atom is 0.634 e. The molecule has 0 unspecified atom stereocenters. The lowest BCUT2D eigenvalue weighted by Gasteiger charge is -2.35. The minimum absolute atomic E-state index is 0.597. The summed E-state index contributed by atoms with van der Waals surface area (Å²) in [5.74, 6) is 0. The molecule has 0 saturated heterocycles. The van der Waals surface area contributed by atoms with Crippen molar-refractivity contribution < 1.29 is 13.3 Å². The first kappa shape index (κ1) is 13.5. The monoisotopic (exact) mass is 246 g/mol. The summed E-state index contributed by atoms with van der Waals surface area (Å²) in [5.41, 5.74) is 0. The van der Waals surface area contributed by atoms with Crippen LogP contribution in [0.2, 0.25) is 0 Å². The van der Waals surface area contributed by atoms with Gasteiger partial charge in [-0.3, -0.25) is 0 Å². The predicted molar refractivity (Wildman–Crippen MR) is 64.2 cm³/mol. The van der Waals surface area contributed by atoms with E-state index in [2.05, 4.69) is 4.90 Å². The molecule has 1 aliphatic rings. The number of hydrogen-bond donors (Lipinski definition) is 0. The number of rotatable bonds is 7. The third-order valence-corrected chi connectivity index (χ3v) is 5.16. The molecule has 6 heteroatoms. The van der Waals surface area contributed by atoms with Crippen LogP contribution in [-0.4, -0.2) is 52.0 Å². The van der Waals surface area contributed by atoms with Crippen LogP contribution in [-0.2, 0) is 13.3 Å². The van der Waals surface area contributed by atoms with E-state index in [9.17, 15) is 0 Å². The van der Waals surface area contributed by atoms with Crippen LogP contribution < -0.4 is 0 Å². The fourth-order valence-electron chi connectivity index (χ4n) is 1.63. The van der Waals surface area contributed by atoms with Gasteiger partial charge in [0.2, 0.25) is 0 Å². The van der Waals surface area contributed by atoms with E-state index in [4.69, 9.17) is 13.3 Å². The molecule has 0 aromatic heterocycles. The van der Waals surface area contributed by atoms with E-state index in [1.165, 1.54) is 0 Å². The molecule has 0 N–H and O–H groups in total. The van der Waals surface area contributed by atoms with Crippen LogP contribution in [0.1, 0.15) is 20.8 Å². The van der Waals surface area contributed by atoms with Gasteiger partial charge in [-0.15, -0.1) is 0 Å². The summed E-state index contributed by atoms with van der Waals surface area (Å²) in [4.78, 5) is 2.07. The highest BCUT2D eigenvalue weighted by molar-refractivity contribution is 6.58. The Balaban J connectivity index is 2.77. The topological polar surface area (TPSA) is 34.2 Å². The van der Waals surface area contributed by atoms with Gasteiger partial charge in [0.1, 0.15) is 0 Å². The Morgan fingerprint density at radius 3 is 1.81 bits per heavy atom. The summed E-state index contributed by atoms with van der Waals surface area (Å²) in [6.45, 7) is 8.43. The SMILES string of the molecule is CCO[Si](OCC)(OCC)N1C=CN(C)C1. The molecule has 0 bridgehead atoms. The molecule has 0 fully saturated rings. The van der Waals surface area contributed by atoms with E-state index in [1.807, 2.05) is 44.8 Å². The summed E-state index contributed by atoms with van der Waals surface area (Å²) in [6.07, 6.45) is 3.98. The fraction of sp³-hybridized carbons (Fsp3) is 0.800. The van der Waals surface area contributed by atoms with E-state index < -0.39 is 8.97 Å². The van der Waals surface area contributed by atoms with Crippen molar-refractivity contribution in [2.75, 3.05) is 33.5 Å². The van der Waals surface area contributed by atoms with Crippen LogP contribution in [0, 0.1) is 0 Å². The summed E-state index contributed by atoms with van der Waals surface area (Å²) in [5, 5.41) is 0. The second-order valence-corrected chi connectivity index (χ2v) is 5.98. The number of nitrogens with zero attached hydrogens (tertiary/aromatic N) is 2. The summed E-state index contributed by atoms with van der Waals surface area (Å²) in [7, 11) is -0.686. The van der Waals surface area contributed by atoms with E-state index in [-0.39, 0.29) is 0 Å². The quantitative estimate of drug-likeness (QED) is 0.631. The van der Waals surface area contributed by atoms with Crippen molar-refractivity contribution in [3.63, 3.8) is 0 Å². The van der Waals surface area contributed by atoms with Gasteiger partial charge < -0.3 is 22.7 Å². The molecule has 1 heterocycles. The van der Waals surface area contributed by atoms with Crippen molar-refractivity contribution in [2.45, 2.75) is 20.8 Å². The van der Waals surface area contributed by atoms with Crippen LogP contribution in [0.4, 0.5) is 0 Å². The third-order valence-electron chi connectivity index (χ3n) is 2.21. The molecule has 0 aromatic rings. The van der Waals surface area contributed by atoms with Gasteiger partial charge in [-0.25, -0.2) is 0 Å². The maximum absolute atomic E-state index is 5.79. The predicted octanol–water partition coefficient (Wildman–Crippen LogP) is 1.21. The molecule has 94 valence electrons. The zero-order valence-electron chi connectivity index (χ0n) is 10.6. The van der Waals surface area contributed by atoms with Gasteiger partial charge in [0.05, 0.1) is 6.67 Å². The van der Waals surface area contributed by atoms with Gasteiger partial charge in [0, 0.05) is 39.3 Å². The molecule has 0 aromatic carbocycles. The van der Waals surface area contributed by atoms with Crippen LogP contribution in [0.15, 0.2) is 12.4 Å². The van der Waals surface area contributed by atoms with Crippen molar-refractivity contribution in [3.8, 4) is 0 Å². The van der Waals surface area contributed by atoms with Crippen molar-refractivity contribution in [1.29, 1.82) is 0 Å². The molecule has 5 nitrogen and oxygen atoms in total. The Morgan fingerprint density at radius 1 is 1.00 bits per heavy atom. The highest BCUT2D eigenvalue weighted by Crippen LogP contribution is 2.20. The third kappa shape index (κ3) is 2.97. The van der Waals surface area contributed by atoms with E-state index in [1.54, 1.807) is 0 Å². The number of hydrogen-bond acceptors (Lipinski definition) is 5. The first-order valence-corrected chi connectivity index (χ1v) is 7.42. The van der Waals surface area contributed by atoms with Crippen molar-refractivity contribution in [2.24, 2.45) is 0 Å². The average molecular weight is 246 g/mol. The molecule has 0 spiro atoms. The van der Waals surface area contributed by atoms with Crippen molar-refractivity contribution in [1.82, 2.24) is 9.47 Å². The first-order valence-electron chi connectivity index (χ1n) is 5.75. The standard InChI is InChI=1S/C10H22N2O3Si/c1-5-13-16(14-6-2,15-7-3)12-9-8-11(4)10-12/h8-9H,5-7,10H2,1-4H3. The molecular weight excluding hydrogens is 224 g/mol. The molecule has 16 heavy (non-hydrogen) atoms. The molecule has 0 atom stereocenters. The molecule has 0 aliphatic carbocycles. The summed E-state index contributed by atoms with van der Waals surface area (Å²) >= 11 is 0. The Hall–Kier alpha value is -0.563. The van der Waals surface area contributed by atoms with Crippen molar-refractivity contribution >= 4 is 8.97 Å². The van der Waals surface area contributed by atoms with E-state index in [0.717, 1.165) is 6.67 Å². The smallest absolute Gasteiger partial charge is 0.362 e. The fourth-order valence-corrected chi connectivity index (χ4v) is 4.12. The van der Waals surface area contributed by atoms with Crippen LogP contribution in [0.3, 0.4) is 0 Å². The van der Waals surface area contributed by atoms with Gasteiger partial charge in [-0.2, -0.15) is 0 Å². The average Bonchev–Trinajstić information content (AvgIpc) is 2.66. The Kier molecular flexibility index (Phi) is 5.27. The van der Waals surface area contributed by atoms with Gasteiger partial charge in [0.25, 0.3) is 0 Å². The molecule has 1 rings (SSSR count). The lowest BCUT2D eigenvalue weighted by molar-refractivity contribution is 0.0260. The largest absolute Gasteiger partial charge is 0.634 e. The second-order valence-electron chi connectivity index (χ2n) is 3.49. The molecule has 0 radical (unpaired) electrons. The zero-order chi connectivity index (χ0) is 12.0. The lowest BCUT2D eigenvalue weighted by atomic mass is 10.9. The minimum Gasteiger partial charge on any atom is -0.362 e. The zero-order valence-corrected chi connectivity index (χ0v) is 11.6. The van der Waals surface area contributed by atoms with Crippen LogP contribution in [0.25, 0.3) is 0 Å². The molecule has 0 amide bonds. The summed E-state index contributed by atoms with van der Waals surface area (Å²) < 4.78 is 19.4. The van der Waals surface area contributed by atoms with Gasteiger partial charge in [-0.1, -0.05) is 0 Å². The minimum atomic E-state index is -2.70. The van der Waals surface area contributed by atoms with E-state index >= 15 is 0 Å². The second kappa shape index (κ2) is 6.24. The Morgan fingerprint density at radius 2 is 1.50 bits per heavy atom. The van der Waals surface area contributed by atoms with Gasteiger partial charge in [-0.05, 0) is 20.8 Å². The Labute approximate surface area is 99.0 Å². The molecule has 1 aliphatic heterocycles.